The van der Waals surface area contributed by atoms with E-state index in [0.29, 0.717) is 0 Å². The van der Waals surface area contributed by atoms with Gasteiger partial charge in [0, 0.05) is 24.9 Å². The van der Waals surface area contributed by atoms with E-state index in [2.05, 4.69) is 0 Å². The van der Waals surface area contributed by atoms with Crippen LogP contribution in [0.3, 0.4) is 0 Å². The lowest BCUT2D eigenvalue weighted by Gasteiger charge is -2.37. The fourth-order valence-corrected chi connectivity index (χ4v) is 3.19. The predicted molar refractivity (Wildman–Crippen MR) is 63.9 cm³/mol. The molecule has 23 heavy (non-hydrogen) atoms. The van der Waals surface area contributed by atoms with Gasteiger partial charge in [0.15, 0.2) is 0 Å². The molecule has 0 heterocycles. The zero-order valence-corrected chi connectivity index (χ0v) is 12.8. The van der Waals surface area contributed by atoms with Gasteiger partial charge in [-0.2, -0.15) is 0 Å². The molecule has 0 rings (SSSR count). The largest absolute Gasteiger partial charge is 0.403 e. The predicted octanol–water partition coefficient (Wildman–Crippen LogP) is 3.74. The first kappa shape index (κ1) is 22.6. The van der Waals surface area contributed by atoms with E-state index in [9.17, 15) is 39.7 Å². The maximum absolute atomic E-state index is 13.1. The van der Waals surface area contributed by atoms with Crippen LogP contribution in [0.1, 0.15) is 26.7 Å². The summed E-state index contributed by atoms with van der Waals surface area (Å²) in [6.07, 6.45) is -12.8. The van der Waals surface area contributed by atoms with Gasteiger partial charge in [0.1, 0.15) is 0 Å². The highest BCUT2D eigenvalue weighted by Gasteiger charge is 2.52. The summed E-state index contributed by atoms with van der Waals surface area (Å²) in [6, 6.07) is -3.94. The summed E-state index contributed by atoms with van der Waals surface area (Å²) in [6.45, 7) is 2.01. The van der Waals surface area contributed by atoms with Gasteiger partial charge in [0.05, 0.1) is 0 Å². The van der Waals surface area contributed by atoms with Crippen LogP contribution in [0.25, 0.3) is 0 Å². The van der Waals surface area contributed by atoms with E-state index in [0.717, 1.165) is 13.8 Å². The monoisotopic (exact) mass is 381 g/mol. The Bertz CT molecular complexity index is 406. The quantitative estimate of drug-likeness (QED) is 0.472. The van der Waals surface area contributed by atoms with E-state index in [1.807, 2.05) is 0 Å². The minimum Gasteiger partial charge on any atom is -0.312 e. The smallest absolute Gasteiger partial charge is 0.312 e. The summed E-state index contributed by atoms with van der Waals surface area (Å²) in [5.41, 5.74) is 0. The highest BCUT2D eigenvalue weighted by atomic mass is 31.2. The van der Waals surface area contributed by atoms with E-state index in [-0.39, 0.29) is 4.67 Å². The maximum Gasteiger partial charge on any atom is 0.403 e. The molecule has 0 aromatic rings. The zero-order chi connectivity index (χ0) is 18.8. The Balaban J connectivity index is 5.75. The van der Waals surface area contributed by atoms with Crippen molar-refractivity contribution in [3.63, 3.8) is 0 Å². The van der Waals surface area contributed by atoms with Gasteiger partial charge in [-0.1, -0.05) is 0 Å². The number of hydrogen-bond acceptors (Lipinski definition) is 1. The Morgan fingerprint density at radius 2 is 1.22 bits per heavy atom. The normalized spacial score (nSPS) is 14.8. The van der Waals surface area contributed by atoms with Gasteiger partial charge in [0.25, 0.3) is 0 Å². The van der Waals surface area contributed by atoms with Crippen molar-refractivity contribution in [2.24, 2.45) is 0 Å². The van der Waals surface area contributed by atoms with Crippen molar-refractivity contribution < 1.29 is 49.5 Å². The standard InChI is InChI=1S/C10H16F8NO3P/c1-5(2)19(23(20,21)22)6(3-9(15,16)7(11)12)4-10(17,18)8(13)14/h5-8H,3-4H2,1-2H3,(H2,20,21,22). The van der Waals surface area contributed by atoms with Gasteiger partial charge < -0.3 is 9.79 Å². The molecule has 0 saturated heterocycles. The lowest BCUT2D eigenvalue weighted by molar-refractivity contribution is -0.165. The number of nitrogens with zero attached hydrogens (tertiary/aromatic N) is 1. The first-order valence-corrected chi connectivity index (χ1v) is 7.75. The molecule has 0 aromatic carbocycles. The van der Waals surface area contributed by atoms with Gasteiger partial charge >= 0.3 is 32.4 Å². The van der Waals surface area contributed by atoms with Crippen LogP contribution in [0, 0.1) is 0 Å². The van der Waals surface area contributed by atoms with Crippen LogP contribution < -0.4 is 0 Å². The Morgan fingerprint density at radius 1 is 0.913 bits per heavy atom. The topological polar surface area (TPSA) is 60.8 Å². The third kappa shape index (κ3) is 6.52. The maximum atomic E-state index is 13.1. The molecule has 0 atom stereocenters. The third-order valence-electron chi connectivity index (χ3n) is 2.86. The fourth-order valence-electron chi connectivity index (χ4n) is 2.00. The number of rotatable bonds is 9. The Morgan fingerprint density at radius 3 is 1.39 bits per heavy atom. The summed E-state index contributed by atoms with van der Waals surface area (Å²) in [4.78, 5) is 18.1. The number of hydrogen-bond donors (Lipinski definition) is 2. The molecule has 13 heteroatoms. The summed E-state index contributed by atoms with van der Waals surface area (Å²) in [5, 5.41) is 0. The van der Waals surface area contributed by atoms with Crippen molar-refractivity contribution in [3.8, 4) is 0 Å². The van der Waals surface area contributed by atoms with Crippen molar-refractivity contribution in [2.75, 3.05) is 0 Å². The molecule has 0 bridgehead atoms. The average Bonchev–Trinajstić information content (AvgIpc) is 2.23. The zero-order valence-electron chi connectivity index (χ0n) is 11.9. The molecule has 2 N–H and O–H groups in total. The fraction of sp³-hybridized carbons (Fsp3) is 1.00. The molecular weight excluding hydrogens is 365 g/mol. The Labute approximate surface area is 126 Å². The highest BCUT2D eigenvalue weighted by molar-refractivity contribution is 7.49. The molecule has 0 amide bonds. The first-order chi connectivity index (χ1) is 10.0. The summed E-state index contributed by atoms with van der Waals surface area (Å²) in [7, 11) is -5.44. The molecular formula is C10H16F8NO3P. The average molecular weight is 381 g/mol. The van der Waals surface area contributed by atoms with Crippen molar-refractivity contribution in [2.45, 2.75) is 63.5 Å². The van der Waals surface area contributed by atoms with Crippen LogP contribution in [0.15, 0.2) is 0 Å². The van der Waals surface area contributed by atoms with Crippen LogP contribution >= 0.6 is 7.75 Å². The molecule has 140 valence electrons. The molecule has 0 spiro atoms. The van der Waals surface area contributed by atoms with Gasteiger partial charge in [0.2, 0.25) is 0 Å². The molecule has 0 unspecified atom stereocenters. The van der Waals surface area contributed by atoms with Crippen LogP contribution in [0.2, 0.25) is 0 Å². The highest BCUT2D eigenvalue weighted by Crippen LogP contribution is 2.48. The summed E-state index contributed by atoms with van der Waals surface area (Å²) >= 11 is 0. The Hall–Kier alpha value is -0.450. The van der Waals surface area contributed by atoms with Gasteiger partial charge in [-0.05, 0) is 13.8 Å². The first-order valence-electron chi connectivity index (χ1n) is 6.18. The molecule has 0 radical (unpaired) electrons. The van der Waals surface area contributed by atoms with Crippen molar-refractivity contribution in [3.05, 3.63) is 0 Å². The van der Waals surface area contributed by atoms with Gasteiger partial charge in [-0.3, -0.25) is 0 Å². The van der Waals surface area contributed by atoms with E-state index < -0.39 is 57.4 Å². The summed E-state index contributed by atoms with van der Waals surface area (Å²) < 4.78 is 112. The van der Waals surface area contributed by atoms with E-state index in [4.69, 9.17) is 9.79 Å². The number of alkyl halides is 8. The minimum absolute atomic E-state index is 0.181. The van der Waals surface area contributed by atoms with Crippen molar-refractivity contribution >= 4 is 7.75 Å². The molecule has 0 aliphatic rings. The third-order valence-corrected chi connectivity index (χ3v) is 4.25. The van der Waals surface area contributed by atoms with E-state index in [1.165, 1.54) is 0 Å². The van der Waals surface area contributed by atoms with Crippen LogP contribution in [0.5, 0.6) is 0 Å². The molecule has 0 aromatic heterocycles. The minimum atomic E-state index is -5.44. The molecule has 0 aliphatic carbocycles. The van der Waals surface area contributed by atoms with Gasteiger partial charge in [-0.15, -0.1) is 0 Å². The lowest BCUT2D eigenvalue weighted by atomic mass is 10.0. The molecule has 0 saturated carbocycles. The second kappa shape index (κ2) is 7.62. The Kier molecular flexibility index (Phi) is 7.47. The van der Waals surface area contributed by atoms with Crippen LogP contribution in [-0.4, -0.2) is 51.2 Å². The van der Waals surface area contributed by atoms with Crippen molar-refractivity contribution in [1.29, 1.82) is 0 Å². The van der Waals surface area contributed by atoms with Crippen molar-refractivity contribution in [1.82, 2.24) is 4.67 Å². The van der Waals surface area contributed by atoms with Crippen LogP contribution in [-0.2, 0) is 4.57 Å². The molecule has 4 nitrogen and oxygen atoms in total. The van der Waals surface area contributed by atoms with E-state index >= 15 is 0 Å². The van der Waals surface area contributed by atoms with E-state index in [1.54, 1.807) is 0 Å². The lowest BCUT2D eigenvalue weighted by Crippen LogP contribution is -2.47. The second-order valence-corrected chi connectivity index (χ2v) is 6.66. The molecule has 0 fully saturated rings. The second-order valence-electron chi connectivity index (χ2n) is 5.17. The summed E-state index contributed by atoms with van der Waals surface area (Å²) in [5.74, 6) is -9.77. The molecule has 0 aliphatic heterocycles. The van der Waals surface area contributed by atoms with Crippen LogP contribution in [0.4, 0.5) is 35.1 Å². The SMILES string of the molecule is CC(C)N(C(CC(F)(F)C(F)F)CC(F)(F)C(F)F)P(=O)(O)O. The number of halogens is 8. The van der Waals surface area contributed by atoms with Gasteiger partial charge in [-0.25, -0.2) is 44.4 Å².